The maximum absolute atomic E-state index is 10.2. The first kappa shape index (κ1) is 10.7. The molecule has 2 nitrogen and oxygen atoms in total. The number of carboxylic acid groups (broad SMARTS) is 1. The van der Waals surface area contributed by atoms with Crippen LogP contribution in [0, 0.1) is 0 Å². The minimum absolute atomic E-state index is 0. The van der Waals surface area contributed by atoms with E-state index in [4.69, 9.17) is 5.11 Å². The molecule has 0 unspecified atom stereocenters. The van der Waals surface area contributed by atoms with E-state index in [1.54, 1.807) is 12.1 Å². The molecule has 0 aliphatic carbocycles. The van der Waals surface area contributed by atoms with Crippen molar-refractivity contribution in [2.45, 2.75) is 6.42 Å². The van der Waals surface area contributed by atoms with Gasteiger partial charge < -0.3 is 5.11 Å². The van der Waals surface area contributed by atoms with Gasteiger partial charge in [-0.2, -0.15) is 0 Å². The van der Waals surface area contributed by atoms with E-state index in [1.807, 2.05) is 18.2 Å². The second-order valence-corrected chi connectivity index (χ2v) is 2.06. The molecular weight excluding hydrogens is 151 g/mol. The van der Waals surface area contributed by atoms with Crippen LogP contribution >= 0.6 is 0 Å². The third kappa shape index (κ3) is 4.19. The smallest absolute Gasteiger partial charge is 0.481 e. The van der Waals surface area contributed by atoms with Gasteiger partial charge in [0, 0.05) is 0 Å². The Hall–Kier alpha value is -0.310. The summed E-state index contributed by atoms with van der Waals surface area (Å²) in [4.78, 5) is 10.2. The van der Waals surface area contributed by atoms with Gasteiger partial charge in [-0.3, -0.25) is 4.79 Å². The van der Waals surface area contributed by atoms with E-state index < -0.39 is 5.97 Å². The van der Waals surface area contributed by atoms with Crippen molar-refractivity contribution in [2.75, 3.05) is 0 Å². The minimum Gasteiger partial charge on any atom is -0.481 e. The topological polar surface area (TPSA) is 37.3 Å². The second-order valence-electron chi connectivity index (χ2n) is 2.06. The number of rotatable bonds is 2. The predicted molar refractivity (Wildman–Crippen MR) is 37.8 cm³/mol. The fraction of sp³-hybridized carbons (Fsp3) is 0.125. The van der Waals surface area contributed by atoms with Gasteiger partial charge in [-0.25, -0.2) is 0 Å². The van der Waals surface area contributed by atoms with E-state index >= 15 is 0 Å². The summed E-state index contributed by atoms with van der Waals surface area (Å²) in [7, 11) is 0. The van der Waals surface area contributed by atoms with Crippen molar-refractivity contribution in [1.29, 1.82) is 0 Å². The molecule has 0 aliphatic heterocycles. The Balaban J connectivity index is 0.000001000. The maximum atomic E-state index is 10.2. The van der Waals surface area contributed by atoms with Crippen LogP contribution in [-0.4, -0.2) is 11.1 Å². The summed E-state index contributed by atoms with van der Waals surface area (Å²) in [6.07, 6.45) is 0.112. The number of hydrogen-bond acceptors (Lipinski definition) is 1. The Labute approximate surface area is 87.5 Å². The molecule has 1 N–H and O–H groups in total. The van der Waals surface area contributed by atoms with Gasteiger partial charge in [-0.1, -0.05) is 30.3 Å². The monoisotopic (exact) mass is 159 g/mol. The zero-order valence-corrected chi connectivity index (χ0v) is 8.45. The van der Waals surface area contributed by atoms with Crippen LogP contribution in [0.25, 0.3) is 0 Å². The molecule has 1 rings (SSSR count). The Bertz CT molecular complexity index is 221. The molecule has 0 heterocycles. The van der Waals surface area contributed by atoms with Crippen molar-refractivity contribution < 1.29 is 39.5 Å². The SMILES string of the molecule is O=C(O)Cc1ccccc1.[Na+]. The summed E-state index contributed by atoms with van der Waals surface area (Å²) in [6.45, 7) is 0. The molecule has 0 aliphatic rings. The third-order valence-corrected chi connectivity index (χ3v) is 1.20. The molecule has 11 heavy (non-hydrogen) atoms. The van der Waals surface area contributed by atoms with Gasteiger partial charge in [0.25, 0.3) is 0 Å². The van der Waals surface area contributed by atoms with Gasteiger partial charge in [0.15, 0.2) is 0 Å². The normalized spacial score (nSPS) is 8.36. The van der Waals surface area contributed by atoms with Gasteiger partial charge in [0.05, 0.1) is 6.42 Å². The van der Waals surface area contributed by atoms with Gasteiger partial charge in [0.1, 0.15) is 0 Å². The molecule has 0 radical (unpaired) electrons. The molecule has 1 aromatic carbocycles. The summed E-state index contributed by atoms with van der Waals surface area (Å²) in [5.74, 6) is -0.786. The summed E-state index contributed by atoms with van der Waals surface area (Å²) in [6, 6.07) is 9.13. The quantitative estimate of drug-likeness (QED) is 0.523. The molecule has 0 atom stereocenters. The molecule has 0 amide bonds. The number of aliphatic carboxylic acids is 1. The number of carbonyl (C=O) groups is 1. The van der Waals surface area contributed by atoms with Crippen molar-refractivity contribution in [1.82, 2.24) is 0 Å². The predicted octanol–water partition coefficient (Wildman–Crippen LogP) is -1.68. The van der Waals surface area contributed by atoms with Crippen LogP contribution in [0.1, 0.15) is 5.56 Å². The minimum atomic E-state index is -0.786. The summed E-state index contributed by atoms with van der Waals surface area (Å²) >= 11 is 0. The van der Waals surface area contributed by atoms with E-state index in [0.717, 1.165) is 5.56 Å². The first-order valence-electron chi connectivity index (χ1n) is 3.05. The molecule has 0 saturated heterocycles. The Morgan fingerprint density at radius 2 is 1.82 bits per heavy atom. The van der Waals surface area contributed by atoms with Crippen molar-refractivity contribution in [2.24, 2.45) is 0 Å². The Morgan fingerprint density at radius 3 is 2.27 bits per heavy atom. The molecule has 0 aromatic heterocycles. The number of hydrogen-bond donors (Lipinski definition) is 1. The third-order valence-electron chi connectivity index (χ3n) is 1.20. The van der Waals surface area contributed by atoms with Crippen LogP contribution in [0.3, 0.4) is 0 Å². The average molecular weight is 159 g/mol. The molecule has 0 fully saturated rings. The van der Waals surface area contributed by atoms with E-state index in [-0.39, 0.29) is 36.0 Å². The maximum Gasteiger partial charge on any atom is 1.00 e. The van der Waals surface area contributed by atoms with E-state index in [9.17, 15) is 4.79 Å². The van der Waals surface area contributed by atoms with Crippen molar-refractivity contribution in [3.05, 3.63) is 35.9 Å². The largest absolute Gasteiger partial charge is 1.00 e. The van der Waals surface area contributed by atoms with Crippen molar-refractivity contribution in [3.63, 3.8) is 0 Å². The Kier molecular flexibility index (Phi) is 5.20. The second kappa shape index (κ2) is 5.35. The Morgan fingerprint density at radius 1 is 1.27 bits per heavy atom. The molecule has 0 spiro atoms. The van der Waals surface area contributed by atoms with Gasteiger partial charge >= 0.3 is 35.5 Å². The molecule has 0 saturated carbocycles. The summed E-state index contributed by atoms with van der Waals surface area (Å²) in [5.41, 5.74) is 0.843. The average Bonchev–Trinajstić information content (AvgIpc) is 1.88. The standard InChI is InChI=1S/C8H8O2.Na/c9-8(10)6-7-4-2-1-3-5-7;/h1-5H,6H2,(H,9,10);/q;+1. The zero-order chi connectivity index (χ0) is 7.40. The van der Waals surface area contributed by atoms with E-state index in [0.29, 0.717) is 0 Å². The number of carboxylic acids is 1. The van der Waals surface area contributed by atoms with E-state index in [1.165, 1.54) is 0 Å². The molecule has 1 aromatic rings. The number of benzene rings is 1. The molecular formula is C8H8NaO2+. The summed E-state index contributed by atoms with van der Waals surface area (Å²) in [5, 5.41) is 8.37. The van der Waals surface area contributed by atoms with Crippen molar-refractivity contribution in [3.8, 4) is 0 Å². The van der Waals surface area contributed by atoms with Gasteiger partial charge in [0.2, 0.25) is 0 Å². The van der Waals surface area contributed by atoms with Gasteiger partial charge in [-0.15, -0.1) is 0 Å². The molecule has 3 heteroatoms. The fourth-order valence-corrected chi connectivity index (χ4v) is 0.770. The molecule has 0 bridgehead atoms. The van der Waals surface area contributed by atoms with Crippen molar-refractivity contribution >= 4 is 5.97 Å². The first-order chi connectivity index (χ1) is 4.79. The zero-order valence-electron chi connectivity index (χ0n) is 6.45. The first-order valence-corrected chi connectivity index (χ1v) is 3.05. The van der Waals surface area contributed by atoms with Gasteiger partial charge in [-0.05, 0) is 5.56 Å². The van der Waals surface area contributed by atoms with Crippen LogP contribution in [0.5, 0.6) is 0 Å². The van der Waals surface area contributed by atoms with Crippen LogP contribution in [0.2, 0.25) is 0 Å². The van der Waals surface area contributed by atoms with Crippen LogP contribution in [-0.2, 0) is 11.2 Å². The van der Waals surface area contributed by atoms with Crippen LogP contribution in [0.15, 0.2) is 30.3 Å². The van der Waals surface area contributed by atoms with E-state index in [2.05, 4.69) is 0 Å². The van der Waals surface area contributed by atoms with Crippen LogP contribution in [0.4, 0.5) is 0 Å². The molecule has 52 valence electrons. The fourth-order valence-electron chi connectivity index (χ4n) is 0.770. The summed E-state index contributed by atoms with van der Waals surface area (Å²) < 4.78 is 0. The van der Waals surface area contributed by atoms with Crippen LogP contribution < -0.4 is 29.6 Å².